The molecule has 332 valence electrons. The van der Waals surface area contributed by atoms with E-state index in [4.69, 9.17) is 9.47 Å². The lowest BCUT2D eigenvalue weighted by atomic mass is 9.35. The molecule has 2 N–H and O–H groups in total. The van der Waals surface area contributed by atoms with Gasteiger partial charge in [0, 0.05) is 44.0 Å². The van der Waals surface area contributed by atoms with Crippen molar-refractivity contribution >= 4 is 15.8 Å². The van der Waals surface area contributed by atoms with Gasteiger partial charge in [0.05, 0.1) is 30.6 Å². The molecule has 8 rings (SSSR count). The third-order valence-corrected chi connectivity index (χ3v) is 20.6. The Morgan fingerprint density at radius 1 is 1.00 bits per heavy atom. The van der Waals surface area contributed by atoms with Crippen LogP contribution in [-0.4, -0.2) is 86.3 Å². The quantitative estimate of drug-likeness (QED) is 0.199. The van der Waals surface area contributed by atoms with E-state index >= 15 is 0 Å². The monoisotopic (exact) mass is 846 g/mol. The zero-order valence-electron chi connectivity index (χ0n) is 37.9. The van der Waals surface area contributed by atoms with Gasteiger partial charge in [0.1, 0.15) is 5.75 Å². The summed E-state index contributed by atoms with van der Waals surface area (Å²) in [6.45, 7) is 23.3. The summed E-state index contributed by atoms with van der Waals surface area (Å²) in [6, 6.07) is 3.51. The number of methoxy groups -OCH3 is 1. The Kier molecular flexibility index (Phi) is 11.8. The Bertz CT molecular complexity index is 1980. The molecule has 9 nitrogen and oxygen atoms in total. The minimum atomic E-state index is -2.88. The number of nitrogens with one attached hydrogen (secondary N) is 1. The lowest BCUT2D eigenvalue weighted by molar-refractivity contribution is -0.201. The zero-order valence-corrected chi connectivity index (χ0v) is 38.7. The molecule has 1 unspecified atom stereocenters. The van der Waals surface area contributed by atoms with Gasteiger partial charge >= 0.3 is 5.97 Å². The third-order valence-electron chi connectivity index (χ3n) is 18.9. The second kappa shape index (κ2) is 16.1. The van der Waals surface area contributed by atoms with E-state index < -0.39 is 21.2 Å². The number of hydrogen-bond acceptors (Lipinski definition) is 8. The summed E-state index contributed by atoms with van der Waals surface area (Å²) in [5.41, 5.74) is 4.07. The molecule has 0 aromatic carbocycles. The van der Waals surface area contributed by atoms with Crippen molar-refractivity contribution in [1.82, 2.24) is 15.2 Å². The fourth-order valence-electron chi connectivity index (χ4n) is 15.3. The maximum Gasteiger partial charge on any atom is 0.310 e. The van der Waals surface area contributed by atoms with E-state index in [1.54, 1.807) is 25.4 Å². The highest BCUT2D eigenvalue weighted by atomic mass is 32.2. The van der Waals surface area contributed by atoms with Gasteiger partial charge in [0.25, 0.3) is 0 Å². The Morgan fingerprint density at radius 2 is 1.73 bits per heavy atom. The summed E-state index contributed by atoms with van der Waals surface area (Å²) < 4.78 is 35.4. The molecule has 7 aliphatic rings. The molecular weight excluding hydrogens is 771 g/mol. The number of pyridine rings is 1. The van der Waals surface area contributed by atoms with E-state index in [9.17, 15) is 18.3 Å². The van der Waals surface area contributed by atoms with Crippen LogP contribution in [0.1, 0.15) is 119 Å². The SMILES string of the molecule is C=C(C)[C@@H]1CC[C@]2(NCCN3CCS(=O)(=O)CC3)CC[C@]3(C)[C@H](CC[C@@H]4[C@@H]5[C@@H](CC[C@]43C)C(C)(C)C(C3=CCC(CCOc4cc(OC)ccn4)(C(=O)O)CC3)=C[C@@H]5C)[C@@H]12. The number of ether oxygens (including phenoxy) is 2. The number of nitrogens with zero attached hydrogens (tertiary/aromatic N) is 2. The molecule has 11 atom stereocenters. The number of rotatable bonds is 12. The van der Waals surface area contributed by atoms with Crippen molar-refractivity contribution in [2.24, 2.45) is 63.1 Å². The summed E-state index contributed by atoms with van der Waals surface area (Å²) >= 11 is 0. The van der Waals surface area contributed by atoms with Crippen LogP contribution in [0.25, 0.3) is 0 Å². The average molecular weight is 846 g/mol. The smallest absolute Gasteiger partial charge is 0.310 e. The number of allylic oxidation sites excluding steroid dienone is 5. The molecule has 1 saturated heterocycles. The lowest BCUT2D eigenvalue weighted by Crippen LogP contribution is -2.67. The zero-order chi connectivity index (χ0) is 42.9. The van der Waals surface area contributed by atoms with Gasteiger partial charge in [-0.2, -0.15) is 0 Å². The van der Waals surface area contributed by atoms with Crippen molar-refractivity contribution in [1.29, 1.82) is 0 Å². The molecule has 0 radical (unpaired) electrons. The molecule has 5 fully saturated rings. The van der Waals surface area contributed by atoms with Crippen LogP contribution in [0.15, 0.2) is 53.8 Å². The van der Waals surface area contributed by atoms with Gasteiger partial charge in [-0.05, 0) is 159 Å². The first-order valence-corrected chi connectivity index (χ1v) is 25.3. The molecular formula is C50H75N3O6S. The number of carbonyl (C=O) groups is 1. The van der Waals surface area contributed by atoms with Gasteiger partial charge in [-0.15, -0.1) is 0 Å². The maximum atomic E-state index is 12.9. The lowest BCUT2D eigenvalue weighted by Gasteiger charge is -2.70. The van der Waals surface area contributed by atoms with Crippen molar-refractivity contribution in [3.8, 4) is 11.6 Å². The molecule has 0 spiro atoms. The second-order valence-electron chi connectivity index (χ2n) is 21.8. The Labute approximate surface area is 361 Å². The van der Waals surface area contributed by atoms with E-state index in [0.29, 0.717) is 104 Å². The van der Waals surface area contributed by atoms with Crippen LogP contribution in [-0.2, 0) is 14.6 Å². The molecule has 4 saturated carbocycles. The number of aliphatic carboxylic acids is 1. The van der Waals surface area contributed by atoms with Crippen molar-refractivity contribution in [3.05, 3.63) is 53.8 Å². The molecule has 6 aliphatic carbocycles. The first kappa shape index (κ1) is 43.9. The molecule has 10 heteroatoms. The van der Waals surface area contributed by atoms with Crippen molar-refractivity contribution in [2.45, 2.75) is 124 Å². The highest BCUT2D eigenvalue weighted by molar-refractivity contribution is 7.91. The Balaban J connectivity index is 0.984. The summed E-state index contributed by atoms with van der Waals surface area (Å²) in [7, 11) is -1.27. The van der Waals surface area contributed by atoms with E-state index in [-0.39, 0.29) is 21.8 Å². The Hall–Kier alpha value is -2.69. The summed E-state index contributed by atoms with van der Waals surface area (Å²) in [5, 5.41) is 14.8. The fourth-order valence-corrected chi connectivity index (χ4v) is 16.6. The topological polar surface area (TPSA) is 118 Å². The predicted molar refractivity (Wildman–Crippen MR) is 239 cm³/mol. The summed E-state index contributed by atoms with van der Waals surface area (Å²) in [4.78, 5) is 19.5. The maximum absolute atomic E-state index is 12.9. The van der Waals surface area contributed by atoms with Crippen LogP contribution in [0.5, 0.6) is 11.6 Å². The highest BCUT2D eigenvalue weighted by Crippen LogP contribution is 2.74. The van der Waals surface area contributed by atoms with Gasteiger partial charge in [0.2, 0.25) is 5.88 Å². The van der Waals surface area contributed by atoms with Crippen molar-refractivity contribution in [3.63, 3.8) is 0 Å². The molecule has 1 aromatic rings. The van der Waals surface area contributed by atoms with Gasteiger partial charge in [-0.1, -0.05) is 58.9 Å². The van der Waals surface area contributed by atoms with Crippen LogP contribution in [0.2, 0.25) is 0 Å². The number of aromatic nitrogens is 1. The van der Waals surface area contributed by atoms with Crippen molar-refractivity contribution in [2.75, 3.05) is 51.4 Å². The van der Waals surface area contributed by atoms with E-state index in [1.807, 2.05) is 0 Å². The first-order valence-electron chi connectivity index (χ1n) is 23.5. The Morgan fingerprint density at radius 3 is 2.42 bits per heavy atom. The first-order chi connectivity index (χ1) is 28.4. The van der Waals surface area contributed by atoms with Crippen LogP contribution in [0.4, 0.5) is 0 Å². The standard InChI is InChI=1S/C50H75N3O6S/c1-33(2)37-13-19-50(52-24-25-53-26-29-60(56,57)30-27-53)21-20-48(7)40(44(37)50)10-9-39-43-34(3)31-41(46(4,5)38(43)14-16-47(39,48)6)35-11-17-49(18-12-35,45(54)55)22-28-59-42-32-36(58-8)15-23-51-42/h11,15,23,31-32,34,37-40,43-44,52H,1,9-10,12-14,16-22,24-30H2,2-8H3,(H,54,55)/t34-,37-,38+,39+,40+,43-,44+,47+,48+,49?,50-/m0/s1. The highest BCUT2D eigenvalue weighted by Gasteiger charge is 2.69. The van der Waals surface area contributed by atoms with Crippen LogP contribution in [0, 0.1) is 63.1 Å². The number of carboxylic acids is 1. The third kappa shape index (κ3) is 7.42. The number of carboxylic acid groups (broad SMARTS) is 1. The largest absolute Gasteiger partial charge is 0.497 e. The van der Waals surface area contributed by atoms with Crippen molar-refractivity contribution < 1.29 is 27.8 Å². The van der Waals surface area contributed by atoms with Gasteiger partial charge in [0.15, 0.2) is 9.84 Å². The van der Waals surface area contributed by atoms with E-state index in [0.717, 1.165) is 19.5 Å². The number of fused-ring (bicyclic) bond motifs is 7. The number of hydrogen-bond donors (Lipinski definition) is 2. The second-order valence-corrected chi connectivity index (χ2v) is 24.1. The molecule has 0 amide bonds. The summed E-state index contributed by atoms with van der Waals surface area (Å²) in [5.74, 6) is 5.19. The van der Waals surface area contributed by atoms with Gasteiger partial charge < -0.3 is 24.8 Å². The van der Waals surface area contributed by atoms with E-state index in [2.05, 4.69) is 75.5 Å². The molecule has 2 heterocycles. The normalized spacial score (nSPS) is 40.8. The minimum absolute atomic E-state index is 0.0210. The minimum Gasteiger partial charge on any atom is -0.497 e. The molecule has 1 aromatic heterocycles. The van der Waals surface area contributed by atoms with Crippen LogP contribution >= 0.6 is 0 Å². The molecule has 0 bridgehead atoms. The van der Waals surface area contributed by atoms with E-state index in [1.165, 1.54) is 68.1 Å². The summed E-state index contributed by atoms with van der Waals surface area (Å²) in [6.07, 6.45) is 19.0. The van der Waals surface area contributed by atoms with Crippen LogP contribution < -0.4 is 14.8 Å². The predicted octanol–water partition coefficient (Wildman–Crippen LogP) is 9.16. The van der Waals surface area contributed by atoms with Gasteiger partial charge in [-0.25, -0.2) is 13.4 Å². The average Bonchev–Trinajstić information content (AvgIpc) is 3.60. The van der Waals surface area contributed by atoms with Crippen LogP contribution in [0.3, 0.4) is 0 Å². The number of sulfone groups is 1. The molecule has 60 heavy (non-hydrogen) atoms. The fraction of sp³-hybridized carbons (Fsp3) is 0.760. The molecule has 1 aliphatic heterocycles. The van der Waals surface area contributed by atoms with Gasteiger partial charge in [-0.3, -0.25) is 4.79 Å².